The van der Waals surface area contributed by atoms with Gasteiger partial charge in [0, 0.05) is 20.2 Å². The Bertz CT molecular complexity index is 3870. The van der Waals surface area contributed by atoms with Gasteiger partial charge >= 0.3 is 0 Å². The molecule has 0 bridgehead atoms. The summed E-state index contributed by atoms with van der Waals surface area (Å²) in [6, 6.07) is 89.7. The molecule has 13 aromatic rings. The van der Waals surface area contributed by atoms with E-state index in [1.165, 1.54) is 130 Å². The van der Waals surface area contributed by atoms with E-state index in [-0.39, 0.29) is 0 Å². The van der Waals surface area contributed by atoms with Crippen molar-refractivity contribution in [1.29, 1.82) is 0 Å². The number of fused-ring (bicyclic) bond motifs is 7. The van der Waals surface area contributed by atoms with Crippen molar-refractivity contribution in [3.05, 3.63) is 243 Å². The van der Waals surface area contributed by atoms with E-state index < -0.39 is 0 Å². The third kappa shape index (κ3) is 6.12. The number of benzene rings is 12. The van der Waals surface area contributed by atoms with E-state index in [2.05, 4.69) is 243 Å². The Kier molecular flexibility index (Phi) is 8.82. The summed E-state index contributed by atoms with van der Waals surface area (Å²) in [7, 11) is 0. The fraction of sp³-hybridized carbons (Fsp3) is 0. The van der Waals surface area contributed by atoms with Crippen LogP contribution in [0.2, 0.25) is 0 Å². The van der Waals surface area contributed by atoms with Gasteiger partial charge in [-0.1, -0.05) is 212 Å². The molecule has 0 amide bonds. The van der Waals surface area contributed by atoms with Crippen LogP contribution >= 0.6 is 11.3 Å². The van der Waals surface area contributed by atoms with Crippen LogP contribution in [0.5, 0.6) is 0 Å². The van der Waals surface area contributed by atoms with Gasteiger partial charge in [-0.2, -0.15) is 0 Å². The van der Waals surface area contributed by atoms with Crippen molar-refractivity contribution in [2.24, 2.45) is 0 Å². The minimum Gasteiger partial charge on any atom is -0.135 e. The van der Waals surface area contributed by atoms with Gasteiger partial charge < -0.3 is 0 Å². The molecule has 0 N–H and O–H groups in total. The van der Waals surface area contributed by atoms with Crippen molar-refractivity contribution in [3.8, 4) is 66.8 Å². The third-order valence-electron chi connectivity index (χ3n) is 13.4. The molecule has 0 fully saturated rings. The molecule has 0 aliphatic carbocycles. The van der Waals surface area contributed by atoms with Crippen LogP contribution in [0.1, 0.15) is 0 Å². The van der Waals surface area contributed by atoms with E-state index >= 15 is 0 Å². The first-order chi connectivity index (χ1) is 32.3. The molecule has 13 rings (SSSR count). The molecular formula is C64H40S. The van der Waals surface area contributed by atoms with Gasteiger partial charge in [-0.15, -0.1) is 11.3 Å². The summed E-state index contributed by atoms with van der Waals surface area (Å²) < 4.78 is 2.59. The predicted octanol–water partition coefficient (Wildman–Crippen LogP) is 18.7. The lowest BCUT2D eigenvalue weighted by Gasteiger charge is -2.19. The van der Waals surface area contributed by atoms with Crippen LogP contribution in [0.3, 0.4) is 0 Å². The lowest BCUT2D eigenvalue weighted by Crippen LogP contribution is -1.92. The molecule has 0 saturated carbocycles. The average Bonchev–Trinajstić information content (AvgIpc) is 3.76. The van der Waals surface area contributed by atoms with E-state index in [4.69, 9.17) is 0 Å². The smallest absolute Gasteiger partial charge is 0.0361 e. The number of hydrogen-bond donors (Lipinski definition) is 0. The molecule has 0 aliphatic rings. The fourth-order valence-corrected chi connectivity index (χ4v) is 11.8. The molecular weight excluding hydrogens is 801 g/mol. The van der Waals surface area contributed by atoms with E-state index in [1.54, 1.807) is 0 Å². The summed E-state index contributed by atoms with van der Waals surface area (Å²) in [5.41, 5.74) is 14.9. The molecule has 0 unspecified atom stereocenters. The van der Waals surface area contributed by atoms with Crippen molar-refractivity contribution >= 4 is 74.6 Å². The molecule has 0 saturated heterocycles. The topological polar surface area (TPSA) is 0 Å². The molecule has 1 heteroatoms. The number of thiophene rings is 1. The molecule has 0 atom stereocenters. The Morgan fingerprint density at radius 2 is 0.554 bits per heavy atom. The highest BCUT2D eigenvalue weighted by atomic mass is 32.1. The summed E-state index contributed by atoms with van der Waals surface area (Å²) in [5, 5.41) is 12.7. The Labute approximate surface area is 382 Å². The second kappa shape index (κ2) is 15.3. The van der Waals surface area contributed by atoms with Gasteiger partial charge in [0.1, 0.15) is 0 Å². The Hall–Kier alpha value is -8.10. The highest BCUT2D eigenvalue weighted by Crippen LogP contribution is 2.50. The molecule has 0 radical (unpaired) electrons. The maximum atomic E-state index is 2.48. The lowest BCUT2D eigenvalue weighted by atomic mass is 9.84. The van der Waals surface area contributed by atoms with E-state index in [0.717, 1.165) is 0 Å². The zero-order valence-corrected chi connectivity index (χ0v) is 36.3. The monoisotopic (exact) mass is 840 g/mol. The molecule has 0 nitrogen and oxygen atoms in total. The molecule has 0 aliphatic heterocycles. The molecule has 302 valence electrons. The van der Waals surface area contributed by atoms with Crippen molar-refractivity contribution in [2.75, 3.05) is 0 Å². The second-order valence-electron chi connectivity index (χ2n) is 17.1. The molecule has 1 aromatic heterocycles. The minimum absolute atomic E-state index is 1.22. The Morgan fingerprint density at radius 1 is 0.200 bits per heavy atom. The van der Waals surface area contributed by atoms with Crippen LogP contribution < -0.4 is 0 Å². The van der Waals surface area contributed by atoms with Crippen LogP contribution in [0, 0.1) is 0 Å². The van der Waals surface area contributed by atoms with Crippen molar-refractivity contribution in [1.82, 2.24) is 0 Å². The van der Waals surface area contributed by atoms with Gasteiger partial charge in [0.05, 0.1) is 0 Å². The SMILES string of the molecule is c1ccc(-c2cccc(-c3c4ccccc4c(-c4ccc5sc6cccc(-c7c8ccccc8c(-c8cccc(-c9ccccc9)c8)c8ccccc78)c6c5c4)c4ccccc34)c2)cc1. The van der Waals surface area contributed by atoms with Crippen LogP contribution in [0.25, 0.3) is 130 Å². The van der Waals surface area contributed by atoms with Crippen molar-refractivity contribution in [3.63, 3.8) is 0 Å². The van der Waals surface area contributed by atoms with Crippen molar-refractivity contribution < 1.29 is 0 Å². The summed E-state index contributed by atoms with van der Waals surface area (Å²) >= 11 is 1.89. The number of rotatable bonds is 6. The maximum Gasteiger partial charge on any atom is 0.0361 e. The molecule has 12 aromatic carbocycles. The van der Waals surface area contributed by atoms with Gasteiger partial charge in [-0.25, -0.2) is 0 Å². The van der Waals surface area contributed by atoms with Crippen molar-refractivity contribution in [2.45, 2.75) is 0 Å². The van der Waals surface area contributed by atoms with E-state index in [1.807, 2.05) is 11.3 Å². The molecule has 65 heavy (non-hydrogen) atoms. The minimum atomic E-state index is 1.22. The quantitative estimate of drug-likeness (QED) is 0.146. The van der Waals surface area contributed by atoms with Crippen LogP contribution in [0.15, 0.2) is 243 Å². The highest BCUT2D eigenvalue weighted by molar-refractivity contribution is 7.26. The molecule has 1 heterocycles. The Morgan fingerprint density at radius 3 is 1.00 bits per heavy atom. The molecule has 0 spiro atoms. The third-order valence-corrected chi connectivity index (χ3v) is 14.6. The van der Waals surface area contributed by atoms with Gasteiger partial charge in [0.15, 0.2) is 0 Å². The van der Waals surface area contributed by atoms with Gasteiger partial charge in [0.2, 0.25) is 0 Å². The van der Waals surface area contributed by atoms with Crippen LogP contribution in [-0.4, -0.2) is 0 Å². The summed E-state index contributed by atoms with van der Waals surface area (Å²) in [5.74, 6) is 0. The predicted molar refractivity (Wildman–Crippen MR) is 282 cm³/mol. The standard InChI is InChI=1S/C64H40S/c1-3-18-41(19-4-1)43-22-15-24-45(38-43)60-48-26-7-9-28-50(48)62(51-29-10-8-27-49(51)60)47-36-37-58-57(40-47)64-56(34-17-35-59(64)65-58)63-54-32-13-11-30-52(54)61(53-31-12-14-33-55(53)63)46-25-16-23-44(39-46)42-20-5-2-6-21-42/h1-40H. The van der Waals surface area contributed by atoms with E-state index in [9.17, 15) is 0 Å². The van der Waals surface area contributed by atoms with Gasteiger partial charge in [-0.3, -0.25) is 0 Å². The van der Waals surface area contributed by atoms with Gasteiger partial charge in [-0.05, 0) is 140 Å². The van der Waals surface area contributed by atoms with E-state index in [0.29, 0.717) is 0 Å². The first kappa shape index (κ1) is 37.5. The summed E-state index contributed by atoms with van der Waals surface area (Å²) in [6.45, 7) is 0. The van der Waals surface area contributed by atoms with Gasteiger partial charge in [0.25, 0.3) is 0 Å². The lowest BCUT2D eigenvalue weighted by molar-refractivity contribution is 1.61. The first-order valence-electron chi connectivity index (χ1n) is 22.4. The fourth-order valence-electron chi connectivity index (χ4n) is 10.6. The summed E-state index contributed by atoms with van der Waals surface area (Å²) in [4.78, 5) is 0. The number of hydrogen-bond acceptors (Lipinski definition) is 1. The zero-order valence-electron chi connectivity index (χ0n) is 35.5. The van der Waals surface area contributed by atoms with Crippen LogP contribution in [0.4, 0.5) is 0 Å². The van der Waals surface area contributed by atoms with Crippen LogP contribution in [-0.2, 0) is 0 Å². The average molecular weight is 841 g/mol. The highest BCUT2D eigenvalue weighted by Gasteiger charge is 2.22. The maximum absolute atomic E-state index is 2.48. The zero-order chi connectivity index (χ0) is 42.8. The normalized spacial score (nSPS) is 11.7. The second-order valence-corrected chi connectivity index (χ2v) is 18.2. The largest absolute Gasteiger partial charge is 0.135 e. The first-order valence-corrected chi connectivity index (χ1v) is 23.2. The Balaban J connectivity index is 1.04. The summed E-state index contributed by atoms with van der Waals surface area (Å²) in [6.07, 6.45) is 0.